The van der Waals surface area contributed by atoms with E-state index in [0.29, 0.717) is 13.2 Å². The lowest BCUT2D eigenvalue weighted by molar-refractivity contribution is 0.171. The highest BCUT2D eigenvalue weighted by Gasteiger charge is 2.22. The van der Waals surface area contributed by atoms with Gasteiger partial charge in [0.2, 0.25) is 0 Å². The van der Waals surface area contributed by atoms with Gasteiger partial charge in [-0.15, -0.1) is 0 Å². The maximum atomic E-state index is 12.5. The largest absolute Gasteiger partial charge is 0.486 e. The normalized spacial score (nSPS) is 17.9. The minimum absolute atomic E-state index is 0.109. The molecule has 2 heterocycles. The molecule has 2 aromatic carbocycles. The second-order valence-corrected chi connectivity index (χ2v) is 8.28. The zero-order valence-electron chi connectivity index (χ0n) is 17.8. The van der Waals surface area contributed by atoms with Crippen LogP contribution in [-0.2, 0) is 6.54 Å². The number of hydrogen-bond donors (Lipinski definition) is 2. The molecule has 6 nitrogen and oxygen atoms in total. The van der Waals surface area contributed by atoms with E-state index in [0.717, 1.165) is 49.5 Å². The number of aryl methyl sites for hydroxylation is 1. The summed E-state index contributed by atoms with van der Waals surface area (Å²) < 4.78 is 11.2. The van der Waals surface area contributed by atoms with Gasteiger partial charge in [0.15, 0.2) is 11.5 Å². The first-order valence-electron chi connectivity index (χ1n) is 10.8. The van der Waals surface area contributed by atoms with Crippen molar-refractivity contribution in [2.45, 2.75) is 45.3 Å². The number of nitrogens with zero attached hydrogens (tertiary/aromatic N) is 1. The topological polar surface area (TPSA) is 62.8 Å². The summed E-state index contributed by atoms with van der Waals surface area (Å²) in [4.78, 5) is 15.0. The van der Waals surface area contributed by atoms with Crippen LogP contribution in [-0.4, -0.2) is 43.3 Å². The number of hydrogen-bond acceptors (Lipinski definition) is 4. The molecule has 1 atom stereocenters. The maximum absolute atomic E-state index is 12.5. The number of amides is 2. The number of fused-ring (bicyclic) bond motifs is 1. The maximum Gasteiger partial charge on any atom is 0.315 e. The number of urea groups is 1. The number of carbonyl (C=O) groups is 1. The van der Waals surface area contributed by atoms with Crippen molar-refractivity contribution < 1.29 is 14.3 Å². The van der Waals surface area contributed by atoms with E-state index in [1.54, 1.807) is 0 Å². The van der Waals surface area contributed by atoms with Crippen LogP contribution < -0.4 is 20.1 Å². The van der Waals surface area contributed by atoms with Crippen molar-refractivity contribution in [2.24, 2.45) is 0 Å². The number of carbonyl (C=O) groups excluding carboxylic acids is 1. The summed E-state index contributed by atoms with van der Waals surface area (Å²) in [6, 6.07) is 14.5. The van der Waals surface area contributed by atoms with Gasteiger partial charge in [-0.25, -0.2) is 4.79 Å². The molecule has 2 aromatic rings. The lowest BCUT2D eigenvalue weighted by Crippen LogP contribution is -2.48. The zero-order chi connectivity index (χ0) is 20.9. The molecule has 4 rings (SSSR count). The van der Waals surface area contributed by atoms with Crippen molar-refractivity contribution in [1.29, 1.82) is 0 Å². The molecular weight excluding hydrogens is 378 g/mol. The Morgan fingerprint density at radius 1 is 1.10 bits per heavy atom. The molecule has 2 N–H and O–H groups in total. The molecule has 1 saturated heterocycles. The molecule has 1 fully saturated rings. The van der Waals surface area contributed by atoms with E-state index >= 15 is 0 Å². The summed E-state index contributed by atoms with van der Waals surface area (Å²) in [7, 11) is 0. The van der Waals surface area contributed by atoms with Crippen LogP contribution in [0.5, 0.6) is 11.5 Å². The van der Waals surface area contributed by atoms with Gasteiger partial charge in [0, 0.05) is 25.7 Å². The highest BCUT2D eigenvalue weighted by molar-refractivity contribution is 5.74. The first-order chi connectivity index (χ1) is 14.6. The summed E-state index contributed by atoms with van der Waals surface area (Å²) in [5.41, 5.74) is 3.66. The number of benzene rings is 2. The highest BCUT2D eigenvalue weighted by Crippen LogP contribution is 2.32. The predicted octanol–water partition coefficient (Wildman–Crippen LogP) is 3.79. The van der Waals surface area contributed by atoms with Crippen LogP contribution in [0.1, 0.15) is 42.5 Å². The average Bonchev–Trinajstić information content (AvgIpc) is 2.75. The summed E-state index contributed by atoms with van der Waals surface area (Å²) in [6.45, 7) is 8.21. The van der Waals surface area contributed by atoms with E-state index in [2.05, 4.69) is 46.7 Å². The van der Waals surface area contributed by atoms with Crippen molar-refractivity contribution in [3.8, 4) is 11.5 Å². The molecule has 1 unspecified atom stereocenters. The number of ether oxygens (including phenoxy) is 2. The van der Waals surface area contributed by atoms with Crippen LogP contribution in [0.3, 0.4) is 0 Å². The van der Waals surface area contributed by atoms with Crippen LogP contribution in [0.15, 0.2) is 42.5 Å². The molecule has 2 aliphatic heterocycles. The minimum atomic E-state index is -0.116. The predicted molar refractivity (Wildman–Crippen MR) is 117 cm³/mol. The lowest BCUT2D eigenvalue weighted by Gasteiger charge is -2.32. The Balaban J connectivity index is 1.23. The molecular formula is C24H31N3O3. The van der Waals surface area contributed by atoms with Crippen molar-refractivity contribution in [1.82, 2.24) is 15.5 Å². The first-order valence-corrected chi connectivity index (χ1v) is 10.8. The van der Waals surface area contributed by atoms with Gasteiger partial charge in [0.25, 0.3) is 0 Å². The molecule has 0 aliphatic carbocycles. The highest BCUT2D eigenvalue weighted by atomic mass is 16.6. The molecule has 0 bridgehead atoms. The van der Waals surface area contributed by atoms with Crippen molar-refractivity contribution in [3.05, 3.63) is 59.2 Å². The van der Waals surface area contributed by atoms with Crippen molar-refractivity contribution in [2.75, 3.05) is 26.3 Å². The van der Waals surface area contributed by atoms with E-state index in [9.17, 15) is 4.79 Å². The second-order valence-electron chi connectivity index (χ2n) is 8.28. The SMILES string of the molecule is Cc1cccc(CN2CCC(NC(=O)NC(C)c3ccc4c(c3)OCCO4)CC2)c1. The van der Waals surface area contributed by atoms with Gasteiger partial charge >= 0.3 is 6.03 Å². The number of nitrogens with one attached hydrogen (secondary N) is 2. The van der Waals surface area contributed by atoms with Crippen LogP contribution in [0.4, 0.5) is 4.79 Å². The van der Waals surface area contributed by atoms with Crippen LogP contribution in [0.25, 0.3) is 0 Å². The van der Waals surface area contributed by atoms with Gasteiger partial charge in [-0.1, -0.05) is 35.9 Å². The Hall–Kier alpha value is -2.73. The van der Waals surface area contributed by atoms with E-state index in [-0.39, 0.29) is 18.1 Å². The zero-order valence-corrected chi connectivity index (χ0v) is 17.8. The number of piperidine rings is 1. The summed E-state index contributed by atoms with van der Waals surface area (Å²) in [5, 5.41) is 6.19. The second kappa shape index (κ2) is 9.39. The van der Waals surface area contributed by atoms with Crippen LogP contribution >= 0.6 is 0 Å². The molecule has 0 saturated carbocycles. The molecule has 0 spiro atoms. The Labute approximate surface area is 178 Å². The Morgan fingerprint density at radius 3 is 2.63 bits per heavy atom. The van der Waals surface area contributed by atoms with Crippen molar-refractivity contribution >= 4 is 6.03 Å². The fourth-order valence-corrected chi connectivity index (χ4v) is 4.14. The lowest BCUT2D eigenvalue weighted by atomic mass is 10.0. The van der Waals surface area contributed by atoms with E-state index < -0.39 is 0 Å². The van der Waals surface area contributed by atoms with E-state index in [1.807, 2.05) is 25.1 Å². The molecule has 6 heteroatoms. The number of likely N-dealkylation sites (tertiary alicyclic amines) is 1. The molecule has 30 heavy (non-hydrogen) atoms. The molecule has 2 aliphatic rings. The standard InChI is InChI=1S/C24H31N3O3/c1-17-4-3-5-19(14-17)16-27-10-8-21(9-11-27)26-24(28)25-18(2)20-6-7-22-23(15-20)30-13-12-29-22/h3-7,14-15,18,21H,8-13,16H2,1-2H3,(H2,25,26,28). The Morgan fingerprint density at radius 2 is 1.87 bits per heavy atom. The third-order valence-corrected chi connectivity index (χ3v) is 5.83. The Bertz CT molecular complexity index is 878. The fraction of sp³-hybridized carbons (Fsp3) is 0.458. The molecule has 2 amide bonds. The fourth-order valence-electron chi connectivity index (χ4n) is 4.14. The van der Waals surface area contributed by atoms with Gasteiger partial charge in [-0.2, -0.15) is 0 Å². The molecule has 0 radical (unpaired) electrons. The average molecular weight is 410 g/mol. The first kappa shape index (κ1) is 20.5. The van der Waals surface area contributed by atoms with Crippen molar-refractivity contribution in [3.63, 3.8) is 0 Å². The van der Waals surface area contributed by atoms with Gasteiger partial charge in [-0.3, -0.25) is 4.90 Å². The van der Waals surface area contributed by atoms with E-state index in [4.69, 9.17) is 9.47 Å². The van der Waals surface area contributed by atoms with E-state index in [1.165, 1.54) is 11.1 Å². The Kier molecular flexibility index (Phi) is 6.43. The third-order valence-electron chi connectivity index (χ3n) is 5.83. The van der Waals surface area contributed by atoms with Gasteiger partial charge in [-0.05, 0) is 49.9 Å². The van der Waals surface area contributed by atoms with Crippen LogP contribution in [0, 0.1) is 6.92 Å². The minimum Gasteiger partial charge on any atom is -0.486 e. The quantitative estimate of drug-likeness (QED) is 0.789. The van der Waals surface area contributed by atoms with Gasteiger partial charge in [0.05, 0.1) is 6.04 Å². The van der Waals surface area contributed by atoms with Gasteiger partial charge < -0.3 is 20.1 Å². The number of rotatable bonds is 5. The summed E-state index contributed by atoms with van der Waals surface area (Å²) in [5.74, 6) is 1.51. The van der Waals surface area contributed by atoms with Crippen LogP contribution in [0.2, 0.25) is 0 Å². The summed E-state index contributed by atoms with van der Waals surface area (Å²) in [6.07, 6.45) is 1.94. The molecule has 0 aromatic heterocycles. The summed E-state index contributed by atoms with van der Waals surface area (Å²) >= 11 is 0. The molecule has 160 valence electrons. The monoisotopic (exact) mass is 409 g/mol. The third kappa shape index (κ3) is 5.25. The van der Waals surface area contributed by atoms with Gasteiger partial charge in [0.1, 0.15) is 13.2 Å². The smallest absolute Gasteiger partial charge is 0.315 e.